The number of rotatable bonds is 5. The summed E-state index contributed by atoms with van der Waals surface area (Å²) in [5.41, 5.74) is -0.338. The van der Waals surface area contributed by atoms with Crippen molar-refractivity contribution in [3.63, 3.8) is 0 Å². The van der Waals surface area contributed by atoms with Crippen LogP contribution in [0.5, 0.6) is 5.88 Å². The van der Waals surface area contributed by atoms with Gasteiger partial charge in [0.05, 0.1) is 18.4 Å². The Labute approximate surface area is 100 Å². The number of amides is 1. The molecule has 0 radical (unpaired) electrons. The summed E-state index contributed by atoms with van der Waals surface area (Å²) in [6.45, 7) is 7.17. The predicted molar refractivity (Wildman–Crippen MR) is 62.6 cm³/mol. The van der Waals surface area contributed by atoms with Crippen LogP contribution in [0.1, 0.15) is 27.7 Å². The molecule has 1 aromatic heterocycles. The van der Waals surface area contributed by atoms with Crippen molar-refractivity contribution >= 4 is 12.1 Å². The van der Waals surface area contributed by atoms with Crippen LogP contribution in [0.2, 0.25) is 0 Å². The lowest BCUT2D eigenvalue weighted by atomic mass is 10.1. The molecule has 0 atom stereocenters. The van der Waals surface area contributed by atoms with Crippen molar-refractivity contribution in [2.45, 2.75) is 39.3 Å². The molecule has 0 unspecified atom stereocenters. The van der Waals surface area contributed by atoms with E-state index in [1.165, 1.54) is 4.68 Å². The van der Waals surface area contributed by atoms with Crippen molar-refractivity contribution in [2.75, 3.05) is 5.32 Å². The van der Waals surface area contributed by atoms with E-state index in [0.717, 1.165) is 0 Å². The highest BCUT2D eigenvalue weighted by Crippen LogP contribution is 2.26. The monoisotopic (exact) mass is 236 g/mol. The minimum atomic E-state index is -0.794. The highest BCUT2D eigenvalue weighted by molar-refractivity contribution is 5.73. The molecule has 1 rings (SSSR count). The summed E-state index contributed by atoms with van der Waals surface area (Å²) in [7, 11) is 0. The van der Waals surface area contributed by atoms with Gasteiger partial charge in [-0.2, -0.15) is 5.26 Å². The second-order valence-electron chi connectivity index (χ2n) is 4.39. The molecule has 0 aliphatic carbocycles. The van der Waals surface area contributed by atoms with Crippen LogP contribution in [0.3, 0.4) is 0 Å². The summed E-state index contributed by atoms with van der Waals surface area (Å²) in [5, 5.41) is 15.7. The first-order valence-electron chi connectivity index (χ1n) is 5.29. The maximum atomic E-state index is 10.5. The molecule has 0 saturated carbocycles. The Morgan fingerprint density at radius 3 is 2.76 bits per heavy atom. The van der Waals surface area contributed by atoms with Gasteiger partial charge in [-0.3, -0.25) is 4.79 Å². The van der Waals surface area contributed by atoms with Crippen molar-refractivity contribution in [1.29, 1.82) is 5.26 Å². The second-order valence-corrected chi connectivity index (χ2v) is 4.39. The molecule has 0 bridgehead atoms. The Balaban J connectivity index is 3.12. The summed E-state index contributed by atoms with van der Waals surface area (Å²) in [5.74, 6) is 0.315. The SMILES string of the molecule is CC(C)Oc1nn(C(C)(C)C#N)cc1NC=O. The fourth-order valence-corrected chi connectivity index (χ4v) is 1.17. The van der Waals surface area contributed by atoms with Crippen LogP contribution >= 0.6 is 0 Å². The number of ether oxygens (including phenoxy) is 1. The molecule has 0 spiro atoms. The zero-order chi connectivity index (χ0) is 13.1. The van der Waals surface area contributed by atoms with Gasteiger partial charge >= 0.3 is 0 Å². The molecule has 6 nitrogen and oxygen atoms in total. The summed E-state index contributed by atoms with van der Waals surface area (Å²) in [6, 6.07) is 2.12. The van der Waals surface area contributed by atoms with Crippen LogP contribution in [0.15, 0.2) is 6.20 Å². The Hall–Kier alpha value is -2.03. The zero-order valence-electron chi connectivity index (χ0n) is 10.4. The Bertz CT molecular complexity index is 443. The highest BCUT2D eigenvalue weighted by atomic mass is 16.5. The second kappa shape index (κ2) is 4.87. The lowest BCUT2D eigenvalue weighted by Crippen LogP contribution is -2.24. The van der Waals surface area contributed by atoms with Crippen molar-refractivity contribution in [2.24, 2.45) is 0 Å². The van der Waals surface area contributed by atoms with Gasteiger partial charge in [0.2, 0.25) is 6.41 Å². The van der Waals surface area contributed by atoms with Crippen LogP contribution in [-0.4, -0.2) is 22.3 Å². The van der Waals surface area contributed by atoms with E-state index in [1.807, 2.05) is 13.8 Å². The number of hydrogen-bond donors (Lipinski definition) is 1. The van der Waals surface area contributed by atoms with Crippen LogP contribution < -0.4 is 10.1 Å². The number of nitrogens with zero attached hydrogens (tertiary/aromatic N) is 3. The van der Waals surface area contributed by atoms with Gasteiger partial charge in [-0.05, 0) is 27.7 Å². The quantitative estimate of drug-likeness (QED) is 0.785. The molecule has 1 amide bonds. The molecule has 1 aromatic rings. The van der Waals surface area contributed by atoms with Gasteiger partial charge in [0.25, 0.3) is 5.88 Å². The molecule has 17 heavy (non-hydrogen) atoms. The smallest absolute Gasteiger partial charge is 0.257 e. The Morgan fingerprint density at radius 1 is 1.65 bits per heavy atom. The highest BCUT2D eigenvalue weighted by Gasteiger charge is 2.23. The maximum absolute atomic E-state index is 10.5. The minimum Gasteiger partial charge on any atom is -0.472 e. The first-order chi connectivity index (χ1) is 7.90. The molecule has 0 aliphatic rings. The van der Waals surface area contributed by atoms with E-state index in [9.17, 15) is 4.79 Å². The zero-order valence-corrected chi connectivity index (χ0v) is 10.4. The molecule has 0 aromatic carbocycles. The first kappa shape index (κ1) is 13.0. The number of hydrogen-bond acceptors (Lipinski definition) is 4. The van der Waals surface area contributed by atoms with Crippen LogP contribution in [-0.2, 0) is 10.3 Å². The summed E-state index contributed by atoms with van der Waals surface area (Å²) in [6.07, 6.45) is 2.07. The fourth-order valence-electron chi connectivity index (χ4n) is 1.17. The van der Waals surface area contributed by atoms with Gasteiger partial charge in [0, 0.05) is 0 Å². The predicted octanol–water partition coefficient (Wildman–Crippen LogP) is 1.50. The van der Waals surface area contributed by atoms with E-state index < -0.39 is 5.54 Å². The number of anilines is 1. The van der Waals surface area contributed by atoms with Gasteiger partial charge in [-0.1, -0.05) is 0 Å². The standard InChI is InChI=1S/C11H16N4O2/c1-8(2)17-10-9(13-7-16)5-15(14-10)11(3,4)6-12/h5,7-8H,1-4H3,(H,13,16). The molecule has 92 valence electrons. The van der Waals surface area contributed by atoms with E-state index in [-0.39, 0.29) is 6.10 Å². The van der Waals surface area contributed by atoms with Gasteiger partial charge in [0.15, 0.2) is 0 Å². The van der Waals surface area contributed by atoms with Gasteiger partial charge in [-0.15, -0.1) is 5.10 Å². The maximum Gasteiger partial charge on any atom is 0.257 e. The summed E-state index contributed by atoms with van der Waals surface area (Å²) in [4.78, 5) is 10.5. The summed E-state index contributed by atoms with van der Waals surface area (Å²) < 4.78 is 6.92. The van der Waals surface area contributed by atoms with E-state index in [0.29, 0.717) is 18.0 Å². The van der Waals surface area contributed by atoms with Gasteiger partial charge in [0.1, 0.15) is 11.2 Å². The number of carbonyl (C=O) groups is 1. The van der Waals surface area contributed by atoms with E-state index >= 15 is 0 Å². The molecule has 0 aliphatic heterocycles. The Kier molecular flexibility index (Phi) is 3.73. The van der Waals surface area contributed by atoms with Gasteiger partial charge in [-0.25, -0.2) is 4.68 Å². The molecule has 0 saturated heterocycles. The lowest BCUT2D eigenvalue weighted by Gasteiger charge is -2.15. The lowest BCUT2D eigenvalue weighted by molar-refractivity contribution is -0.105. The first-order valence-corrected chi connectivity index (χ1v) is 5.29. The van der Waals surface area contributed by atoms with Crippen molar-refractivity contribution in [3.8, 4) is 11.9 Å². The Morgan fingerprint density at radius 2 is 2.29 bits per heavy atom. The van der Waals surface area contributed by atoms with E-state index in [4.69, 9.17) is 10.00 Å². The largest absolute Gasteiger partial charge is 0.472 e. The molecule has 6 heteroatoms. The van der Waals surface area contributed by atoms with E-state index in [2.05, 4.69) is 16.5 Å². The molecule has 0 fully saturated rings. The topological polar surface area (TPSA) is 79.9 Å². The number of carbonyl (C=O) groups excluding carboxylic acids is 1. The third-order valence-electron chi connectivity index (χ3n) is 2.09. The minimum absolute atomic E-state index is 0.0595. The van der Waals surface area contributed by atoms with Crippen molar-refractivity contribution in [3.05, 3.63) is 6.20 Å². The third kappa shape index (κ3) is 2.97. The van der Waals surface area contributed by atoms with Crippen LogP contribution in [0.4, 0.5) is 5.69 Å². The normalized spacial score (nSPS) is 11.1. The molecular weight excluding hydrogens is 220 g/mol. The summed E-state index contributed by atoms with van der Waals surface area (Å²) >= 11 is 0. The fraction of sp³-hybridized carbons (Fsp3) is 0.545. The van der Waals surface area contributed by atoms with E-state index in [1.54, 1.807) is 20.0 Å². The number of aromatic nitrogens is 2. The average Bonchev–Trinajstić information content (AvgIpc) is 2.62. The molecule has 1 N–H and O–H groups in total. The number of nitriles is 1. The molecular formula is C11H16N4O2. The van der Waals surface area contributed by atoms with Crippen molar-refractivity contribution in [1.82, 2.24) is 9.78 Å². The molecule has 1 heterocycles. The van der Waals surface area contributed by atoms with Crippen LogP contribution in [0, 0.1) is 11.3 Å². The van der Waals surface area contributed by atoms with Crippen LogP contribution in [0.25, 0.3) is 0 Å². The van der Waals surface area contributed by atoms with Crippen molar-refractivity contribution < 1.29 is 9.53 Å². The third-order valence-corrected chi connectivity index (χ3v) is 2.09. The van der Waals surface area contributed by atoms with Gasteiger partial charge < -0.3 is 10.1 Å². The number of nitrogens with one attached hydrogen (secondary N) is 1. The average molecular weight is 236 g/mol.